The molecule has 4 aliphatic rings. The standard InChI is InChI=1S/C27H32N3O2/c1-32-27(31)24-21-10-5-6-12-23(21)29-15-17-30(28)16-7-11-20-19(18-8-3-2-4-9-18)13-14-22(25(24)29)26(20)30/h5,7,10,13-14,16,18H,2-4,6,8-9,11-12,15,17,28H2,1H3/q+1. The monoisotopic (exact) mass is 430 g/mol. The van der Waals surface area contributed by atoms with E-state index in [2.05, 4.69) is 41.1 Å². The largest absolute Gasteiger partial charge is 0.465 e. The van der Waals surface area contributed by atoms with E-state index in [0.29, 0.717) is 16.1 Å². The SMILES string of the molecule is COC(=O)c1c2c(n3c1-c1ccc(C4CCCCC4)c4c1[N+](N)(C=CC4)CC3)CCC=C2. The molecule has 1 fully saturated rings. The molecule has 1 aromatic heterocycles. The van der Waals surface area contributed by atoms with Gasteiger partial charge in [0.15, 0.2) is 5.69 Å². The van der Waals surface area contributed by atoms with Crippen LogP contribution in [-0.2, 0) is 24.1 Å². The van der Waals surface area contributed by atoms with Crippen LogP contribution in [0, 0.1) is 0 Å². The average Bonchev–Trinajstić information content (AvgIpc) is 3.09. The summed E-state index contributed by atoms with van der Waals surface area (Å²) in [5.74, 6) is 7.47. The average molecular weight is 431 g/mol. The normalized spacial score (nSPS) is 23.8. The first-order valence-electron chi connectivity index (χ1n) is 12.1. The zero-order valence-electron chi connectivity index (χ0n) is 18.9. The number of nitrogens with zero attached hydrogens (tertiary/aromatic N) is 2. The maximum atomic E-state index is 13.1. The number of carbonyl (C=O) groups is 1. The Balaban J connectivity index is 1.64. The Morgan fingerprint density at radius 3 is 2.84 bits per heavy atom. The van der Waals surface area contributed by atoms with E-state index in [1.807, 2.05) is 0 Å². The van der Waals surface area contributed by atoms with Gasteiger partial charge in [-0.3, -0.25) is 0 Å². The summed E-state index contributed by atoms with van der Waals surface area (Å²) in [7, 11) is 1.48. The van der Waals surface area contributed by atoms with Crippen molar-refractivity contribution in [3.05, 3.63) is 58.4 Å². The molecular formula is C27H32N3O2+. The van der Waals surface area contributed by atoms with Gasteiger partial charge >= 0.3 is 5.97 Å². The van der Waals surface area contributed by atoms with Gasteiger partial charge in [-0.15, -0.1) is 0 Å². The summed E-state index contributed by atoms with van der Waals surface area (Å²) >= 11 is 0. The third-order valence-electron chi connectivity index (χ3n) is 8.06. The smallest absolute Gasteiger partial charge is 0.340 e. The second-order valence-electron chi connectivity index (χ2n) is 9.78. The zero-order valence-corrected chi connectivity index (χ0v) is 18.9. The fourth-order valence-corrected chi connectivity index (χ4v) is 6.61. The molecule has 0 radical (unpaired) electrons. The van der Waals surface area contributed by atoms with E-state index in [1.54, 1.807) is 0 Å². The Bertz CT molecular complexity index is 1170. The predicted octanol–water partition coefficient (Wildman–Crippen LogP) is 5.21. The molecule has 6 rings (SSSR count). The van der Waals surface area contributed by atoms with Crippen LogP contribution < -0.4 is 10.4 Å². The number of fused-ring (bicyclic) bond motifs is 4. The highest BCUT2D eigenvalue weighted by atomic mass is 16.5. The van der Waals surface area contributed by atoms with Gasteiger partial charge in [-0.05, 0) is 49.3 Å². The van der Waals surface area contributed by atoms with E-state index in [9.17, 15) is 4.79 Å². The second-order valence-corrected chi connectivity index (χ2v) is 9.78. The highest BCUT2D eigenvalue weighted by Gasteiger charge is 2.42. The number of hydrogen-bond donors (Lipinski definition) is 1. The Kier molecular flexibility index (Phi) is 4.67. The van der Waals surface area contributed by atoms with Crippen LogP contribution >= 0.6 is 0 Å². The zero-order chi connectivity index (χ0) is 21.9. The predicted molar refractivity (Wildman–Crippen MR) is 128 cm³/mol. The van der Waals surface area contributed by atoms with Gasteiger partial charge in [-0.25, -0.2) is 4.79 Å². The lowest BCUT2D eigenvalue weighted by atomic mass is 9.79. The molecule has 1 unspecified atom stereocenters. The first-order chi connectivity index (χ1) is 15.6. The number of nitrogens with two attached hydrogens (primary N) is 1. The number of allylic oxidation sites excluding steroid dienone is 2. The maximum Gasteiger partial charge on any atom is 0.340 e. The highest BCUT2D eigenvalue weighted by molar-refractivity contribution is 6.03. The van der Waals surface area contributed by atoms with Gasteiger partial charge in [0, 0.05) is 23.2 Å². The van der Waals surface area contributed by atoms with Gasteiger partial charge in [0.25, 0.3) is 0 Å². The molecule has 5 heteroatoms. The van der Waals surface area contributed by atoms with Gasteiger partial charge in [-0.2, -0.15) is 10.4 Å². The minimum absolute atomic E-state index is 0.255. The number of rotatable bonds is 2. The van der Waals surface area contributed by atoms with Crippen LogP contribution in [0.2, 0.25) is 0 Å². The summed E-state index contributed by atoms with van der Waals surface area (Å²) in [5.41, 5.74) is 9.14. The molecular weight excluding hydrogens is 398 g/mol. The van der Waals surface area contributed by atoms with E-state index in [4.69, 9.17) is 10.6 Å². The van der Waals surface area contributed by atoms with Crippen molar-refractivity contribution >= 4 is 17.7 Å². The van der Waals surface area contributed by atoms with Crippen molar-refractivity contribution in [1.82, 2.24) is 9.16 Å². The number of benzene rings is 1. The summed E-state index contributed by atoms with van der Waals surface area (Å²) < 4.78 is 7.97. The van der Waals surface area contributed by atoms with Crippen molar-refractivity contribution in [3.8, 4) is 11.3 Å². The molecule has 0 bridgehead atoms. The minimum Gasteiger partial charge on any atom is -0.465 e. The third-order valence-corrected chi connectivity index (χ3v) is 8.06. The summed E-state index contributed by atoms with van der Waals surface area (Å²) in [6.45, 7) is 1.57. The lowest BCUT2D eigenvalue weighted by molar-refractivity contribution is 0.0601. The van der Waals surface area contributed by atoms with Gasteiger partial charge in [0.05, 0.1) is 30.5 Å². The molecule has 5 nitrogen and oxygen atoms in total. The number of esters is 1. The number of aromatic nitrogens is 1. The molecule has 0 saturated heterocycles. The van der Waals surface area contributed by atoms with Crippen molar-refractivity contribution in [2.24, 2.45) is 5.84 Å². The van der Waals surface area contributed by atoms with Gasteiger partial charge in [0.2, 0.25) is 0 Å². The third kappa shape index (κ3) is 2.81. The molecule has 3 heterocycles. The van der Waals surface area contributed by atoms with Crippen LogP contribution in [0.15, 0.2) is 30.5 Å². The van der Waals surface area contributed by atoms with Crippen LogP contribution in [0.3, 0.4) is 0 Å². The second kappa shape index (κ2) is 7.46. The summed E-state index contributed by atoms with van der Waals surface area (Å²) in [5, 5.41) is 0. The van der Waals surface area contributed by atoms with Crippen LogP contribution in [0.5, 0.6) is 0 Å². The van der Waals surface area contributed by atoms with Gasteiger partial charge in [-0.1, -0.05) is 37.5 Å². The molecule has 2 N–H and O–H groups in total. The topological polar surface area (TPSA) is 57.2 Å². The number of hydrogen-bond acceptors (Lipinski definition) is 3. The van der Waals surface area contributed by atoms with Crippen molar-refractivity contribution < 1.29 is 9.53 Å². The molecule has 0 spiro atoms. The van der Waals surface area contributed by atoms with Crippen LogP contribution in [-0.4, -0.2) is 24.2 Å². The molecule has 2 aromatic rings. The van der Waals surface area contributed by atoms with Crippen LogP contribution in [0.4, 0.5) is 5.69 Å². The van der Waals surface area contributed by atoms with Crippen LogP contribution in [0.1, 0.15) is 77.2 Å². The molecule has 2 aliphatic carbocycles. The lowest BCUT2D eigenvalue weighted by Crippen LogP contribution is -2.54. The first kappa shape index (κ1) is 20.0. The Hall–Kier alpha value is -2.63. The summed E-state index contributed by atoms with van der Waals surface area (Å²) in [6, 6.07) is 4.59. The van der Waals surface area contributed by atoms with Crippen molar-refractivity contribution in [2.75, 3.05) is 13.7 Å². The fraction of sp³-hybridized carbons (Fsp3) is 0.444. The molecule has 2 aliphatic heterocycles. The molecule has 1 aromatic carbocycles. The number of carbonyl (C=O) groups excluding carboxylic acids is 1. The molecule has 32 heavy (non-hydrogen) atoms. The summed E-state index contributed by atoms with van der Waals surface area (Å²) in [4.78, 5) is 13.1. The van der Waals surface area contributed by atoms with Crippen molar-refractivity contribution in [2.45, 2.75) is 63.8 Å². The molecule has 0 amide bonds. The minimum atomic E-state index is -0.255. The fourth-order valence-electron chi connectivity index (χ4n) is 6.61. The van der Waals surface area contributed by atoms with E-state index < -0.39 is 0 Å². The van der Waals surface area contributed by atoms with Gasteiger partial charge in [0.1, 0.15) is 12.7 Å². The molecule has 166 valence electrons. The Morgan fingerprint density at radius 1 is 1.19 bits per heavy atom. The van der Waals surface area contributed by atoms with E-state index in [1.165, 1.54) is 61.7 Å². The van der Waals surface area contributed by atoms with Crippen LogP contribution in [0.25, 0.3) is 17.3 Å². The first-order valence-corrected chi connectivity index (χ1v) is 12.1. The maximum absolute atomic E-state index is 13.1. The van der Waals surface area contributed by atoms with Gasteiger partial charge < -0.3 is 9.30 Å². The van der Waals surface area contributed by atoms with E-state index in [-0.39, 0.29) is 5.97 Å². The molecule has 1 saturated carbocycles. The quantitative estimate of drug-likeness (QED) is 0.404. The Morgan fingerprint density at radius 2 is 2.03 bits per heavy atom. The van der Waals surface area contributed by atoms with E-state index >= 15 is 0 Å². The van der Waals surface area contributed by atoms with E-state index in [0.717, 1.165) is 49.2 Å². The lowest BCUT2D eigenvalue weighted by Gasteiger charge is -2.35. The highest BCUT2D eigenvalue weighted by Crippen LogP contribution is 2.49. The Labute approximate surface area is 189 Å². The number of quaternary nitrogens is 1. The van der Waals surface area contributed by atoms with Crippen molar-refractivity contribution in [3.63, 3.8) is 0 Å². The van der Waals surface area contributed by atoms with Crippen molar-refractivity contribution in [1.29, 1.82) is 0 Å². The molecule has 1 atom stereocenters. The summed E-state index contributed by atoms with van der Waals surface area (Å²) in [6.07, 6.45) is 18.1. The number of methoxy groups -OCH3 is 1. The number of ether oxygens (including phenoxy) is 1.